The largest absolute Gasteiger partial charge is 0.366 e. The van der Waals surface area contributed by atoms with Gasteiger partial charge in [0.05, 0.1) is 11.5 Å². The van der Waals surface area contributed by atoms with Gasteiger partial charge in [0.25, 0.3) is 5.89 Å². The zero-order valence-electron chi connectivity index (χ0n) is 14.4. The number of ether oxygens (including phenoxy) is 1. The minimum atomic E-state index is -4.02. The third-order valence-corrected chi connectivity index (χ3v) is 6.97. The van der Waals surface area contributed by atoms with Crippen LogP contribution in [-0.2, 0) is 21.2 Å². The van der Waals surface area contributed by atoms with Gasteiger partial charge in [0.1, 0.15) is 0 Å². The number of benzene rings is 1. The Hall–Kier alpha value is -2.21. The van der Waals surface area contributed by atoms with Crippen LogP contribution >= 0.6 is 11.3 Å². The Balaban J connectivity index is 1.51. The van der Waals surface area contributed by atoms with Gasteiger partial charge in [-0.3, -0.25) is 0 Å². The fourth-order valence-corrected chi connectivity index (χ4v) is 4.96. The lowest BCUT2D eigenvalue weighted by Gasteiger charge is -2.30. The van der Waals surface area contributed by atoms with Crippen LogP contribution in [0, 0.1) is 11.6 Å². The molecule has 1 aromatic carbocycles. The van der Waals surface area contributed by atoms with E-state index in [0.717, 1.165) is 21.3 Å². The van der Waals surface area contributed by atoms with Crippen molar-refractivity contribution >= 4 is 21.4 Å². The Morgan fingerprint density at radius 1 is 1.25 bits per heavy atom. The highest BCUT2D eigenvalue weighted by molar-refractivity contribution is 7.89. The average Bonchev–Trinajstić information content (AvgIpc) is 3.36. The topological polar surface area (TPSA) is 85.5 Å². The maximum Gasteiger partial charge on any atom is 0.257 e. The molecule has 4 rings (SSSR count). The van der Waals surface area contributed by atoms with Crippen molar-refractivity contribution in [2.75, 3.05) is 19.7 Å². The highest BCUT2D eigenvalue weighted by Gasteiger charge is 2.34. The summed E-state index contributed by atoms with van der Waals surface area (Å²) < 4.78 is 64.1. The number of morpholine rings is 1. The minimum absolute atomic E-state index is 0.0675. The molecule has 1 aliphatic heterocycles. The van der Waals surface area contributed by atoms with Gasteiger partial charge in [0.15, 0.2) is 23.6 Å². The van der Waals surface area contributed by atoms with E-state index in [9.17, 15) is 17.2 Å². The van der Waals surface area contributed by atoms with Crippen LogP contribution in [0.5, 0.6) is 0 Å². The van der Waals surface area contributed by atoms with Gasteiger partial charge >= 0.3 is 0 Å². The number of aromatic nitrogens is 2. The second-order valence-corrected chi connectivity index (χ2v) is 9.07. The highest BCUT2D eigenvalue weighted by Crippen LogP contribution is 2.26. The molecule has 1 aliphatic rings. The van der Waals surface area contributed by atoms with Crippen LogP contribution in [-0.4, -0.2) is 42.6 Å². The minimum Gasteiger partial charge on any atom is -0.366 e. The second-order valence-electron chi connectivity index (χ2n) is 6.10. The smallest absolute Gasteiger partial charge is 0.257 e. The zero-order valence-corrected chi connectivity index (χ0v) is 16.0. The maximum atomic E-state index is 13.5. The van der Waals surface area contributed by atoms with Gasteiger partial charge in [-0.2, -0.15) is 9.29 Å². The normalized spacial score (nSPS) is 18.4. The molecular formula is C17H15F2N3O4S2. The molecule has 148 valence electrons. The third kappa shape index (κ3) is 3.83. The molecule has 3 aromatic rings. The van der Waals surface area contributed by atoms with E-state index in [4.69, 9.17) is 9.26 Å². The SMILES string of the molecule is O=S(=O)(c1ccc(F)c(F)c1)N1CCO[C@@H](c2nc(Cc3cccs3)no2)C1. The first kappa shape index (κ1) is 19.1. The molecule has 11 heteroatoms. The predicted octanol–water partition coefficient (Wildman–Crippen LogP) is 2.76. The molecule has 1 atom stereocenters. The Bertz CT molecular complexity index is 1070. The van der Waals surface area contributed by atoms with Crippen LogP contribution in [0.15, 0.2) is 45.1 Å². The first-order valence-electron chi connectivity index (χ1n) is 8.35. The van der Waals surface area contributed by atoms with Crippen molar-refractivity contribution < 1.29 is 26.5 Å². The summed E-state index contributed by atoms with van der Waals surface area (Å²) in [5.74, 6) is -1.68. The molecule has 0 radical (unpaired) electrons. The summed E-state index contributed by atoms with van der Waals surface area (Å²) >= 11 is 1.57. The van der Waals surface area contributed by atoms with Crippen molar-refractivity contribution in [1.29, 1.82) is 0 Å². The number of hydrogen-bond donors (Lipinski definition) is 0. The Labute approximate surface area is 163 Å². The molecule has 7 nitrogen and oxygen atoms in total. The summed E-state index contributed by atoms with van der Waals surface area (Å²) in [6.45, 7) is 0.117. The number of halogens is 2. The summed E-state index contributed by atoms with van der Waals surface area (Å²) in [6, 6.07) is 6.36. The van der Waals surface area contributed by atoms with Gasteiger partial charge in [-0.15, -0.1) is 11.3 Å². The molecule has 1 saturated heterocycles. The molecule has 0 N–H and O–H groups in total. The van der Waals surface area contributed by atoms with E-state index >= 15 is 0 Å². The van der Waals surface area contributed by atoms with Crippen LogP contribution < -0.4 is 0 Å². The Kier molecular flexibility index (Phi) is 5.23. The van der Waals surface area contributed by atoms with Crippen LogP contribution in [0.25, 0.3) is 0 Å². The molecule has 0 unspecified atom stereocenters. The molecule has 28 heavy (non-hydrogen) atoms. The fraction of sp³-hybridized carbons (Fsp3) is 0.294. The van der Waals surface area contributed by atoms with Crippen molar-refractivity contribution in [2.45, 2.75) is 17.4 Å². The number of thiophene rings is 1. The lowest BCUT2D eigenvalue weighted by atomic mass is 10.3. The highest BCUT2D eigenvalue weighted by atomic mass is 32.2. The Morgan fingerprint density at radius 2 is 2.11 bits per heavy atom. The van der Waals surface area contributed by atoms with Crippen molar-refractivity contribution in [3.8, 4) is 0 Å². The van der Waals surface area contributed by atoms with Gasteiger partial charge < -0.3 is 9.26 Å². The summed E-state index contributed by atoms with van der Waals surface area (Å²) in [7, 11) is -4.02. The zero-order chi connectivity index (χ0) is 19.7. The van der Waals surface area contributed by atoms with E-state index < -0.39 is 27.8 Å². The monoisotopic (exact) mass is 427 g/mol. The standard InChI is InChI=1S/C17H15F2N3O4S2/c18-13-4-3-12(9-14(13)19)28(23,24)22-5-6-25-15(10-22)17-20-16(21-26-17)8-11-2-1-7-27-11/h1-4,7,9,15H,5-6,8,10H2/t15-/m1/s1. The van der Waals surface area contributed by atoms with Crippen LogP contribution in [0.3, 0.4) is 0 Å². The van der Waals surface area contributed by atoms with Crippen LogP contribution in [0.4, 0.5) is 8.78 Å². The van der Waals surface area contributed by atoms with Gasteiger partial charge in [0, 0.05) is 24.4 Å². The van der Waals surface area contributed by atoms with Crippen LogP contribution in [0.2, 0.25) is 0 Å². The molecule has 0 aliphatic carbocycles. The van der Waals surface area contributed by atoms with E-state index in [0.29, 0.717) is 18.3 Å². The van der Waals surface area contributed by atoms with Crippen molar-refractivity contribution in [3.63, 3.8) is 0 Å². The molecular weight excluding hydrogens is 412 g/mol. The van der Waals surface area contributed by atoms with Crippen molar-refractivity contribution in [3.05, 3.63) is 63.9 Å². The molecule has 3 heterocycles. The lowest BCUT2D eigenvalue weighted by Crippen LogP contribution is -2.42. The first-order chi connectivity index (χ1) is 13.4. The average molecular weight is 427 g/mol. The molecule has 0 bridgehead atoms. The van der Waals surface area contributed by atoms with Crippen molar-refractivity contribution in [2.24, 2.45) is 0 Å². The molecule has 0 amide bonds. The second kappa shape index (κ2) is 7.66. The molecule has 1 fully saturated rings. The van der Waals surface area contributed by atoms with E-state index in [2.05, 4.69) is 10.1 Å². The quantitative estimate of drug-likeness (QED) is 0.623. The fourth-order valence-electron chi connectivity index (χ4n) is 2.82. The summed E-state index contributed by atoms with van der Waals surface area (Å²) in [5.41, 5.74) is 0. The van der Waals surface area contributed by atoms with Gasteiger partial charge in [0.2, 0.25) is 10.0 Å². The number of hydrogen-bond acceptors (Lipinski definition) is 7. The van der Waals surface area contributed by atoms with E-state index in [-0.39, 0.29) is 30.5 Å². The summed E-state index contributed by atoms with van der Waals surface area (Å²) in [5, 5.41) is 5.86. The molecule has 0 spiro atoms. The van der Waals surface area contributed by atoms with E-state index in [1.807, 2.05) is 17.5 Å². The van der Waals surface area contributed by atoms with Crippen LogP contribution in [0.1, 0.15) is 22.7 Å². The van der Waals surface area contributed by atoms with Gasteiger partial charge in [-0.1, -0.05) is 11.2 Å². The van der Waals surface area contributed by atoms with E-state index in [1.165, 1.54) is 0 Å². The summed E-state index contributed by atoms with van der Waals surface area (Å²) in [4.78, 5) is 5.04. The van der Waals surface area contributed by atoms with Gasteiger partial charge in [-0.25, -0.2) is 17.2 Å². The summed E-state index contributed by atoms with van der Waals surface area (Å²) in [6.07, 6.45) is -0.233. The predicted molar refractivity (Wildman–Crippen MR) is 95.2 cm³/mol. The molecule has 2 aromatic heterocycles. The number of sulfonamides is 1. The number of rotatable bonds is 5. The Morgan fingerprint density at radius 3 is 2.86 bits per heavy atom. The number of nitrogens with zero attached hydrogens (tertiary/aromatic N) is 3. The first-order valence-corrected chi connectivity index (χ1v) is 10.7. The van der Waals surface area contributed by atoms with E-state index in [1.54, 1.807) is 11.3 Å². The molecule has 0 saturated carbocycles. The maximum absolute atomic E-state index is 13.5. The third-order valence-electron chi connectivity index (χ3n) is 4.23. The van der Waals surface area contributed by atoms with Gasteiger partial charge in [-0.05, 0) is 29.6 Å². The van der Waals surface area contributed by atoms with Crippen molar-refractivity contribution in [1.82, 2.24) is 14.4 Å². The lowest BCUT2D eigenvalue weighted by molar-refractivity contribution is -0.0199.